The van der Waals surface area contributed by atoms with Gasteiger partial charge >= 0.3 is 0 Å². The van der Waals surface area contributed by atoms with Gasteiger partial charge in [0.15, 0.2) is 0 Å². The molecule has 1 atom stereocenters. The predicted molar refractivity (Wildman–Crippen MR) is 106 cm³/mol. The Morgan fingerprint density at radius 1 is 0.963 bits per heavy atom. The van der Waals surface area contributed by atoms with Crippen LogP contribution in [-0.2, 0) is 0 Å². The fourth-order valence-corrected chi connectivity index (χ4v) is 3.34. The molecule has 4 nitrogen and oxygen atoms in total. The summed E-state index contributed by atoms with van der Waals surface area (Å²) in [6.07, 6.45) is 0.555. The monoisotopic (exact) mass is 356 g/mol. The van der Waals surface area contributed by atoms with Gasteiger partial charge in [0.05, 0.1) is 11.8 Å². The Hall–Kier alpha value is -3.40. The fourth-order valence-electron chi connectivity index (χ4n) is 3.34. The number of hydrazone groups is 1. The van der Waals surface area contributed by atoms with Crippen LogP contribution in [0.4, 0.5) is 0 Å². The van der Waals surface area contributed by atoms with Gasteiger partial charge in [-0.25, -0.2) is 5.01 Å². The Morgan fingerprint density at radius 2 is 1.63 bits per heavy atom. The smallest absolute Gasteiger partial charge is 0.274 e. The lowest BCUT2D eigenvalue weighted by Crippen LogP contribution is -2.27. The molecule has 0 aliphatic carbocycles. The molecule has 1 aliphatic rings. The molecular weight excluding hydrogens is 336 g/mol. The number of rotatable bonds is 3. The lowest BCUT2D eigenvalue weighted by Gasteiger charge is -2.22. The highest BCUT2D eigenvalue weighted by Crippen LogP contribution is 2.35. The lowest BCUT2D eigenvalue weighted by molar-refractivity contribution is 0.0711. The average molecular weight is 356 g/mol. The maximum atomic E-state index is 13.2. The van der Waals surface area contributed by atoms with E-state index in [0.29, 0.717) is 23.3 Å². The van der Waals surface area contributed by atoms with Gasteiger partial charge in [0.25, 0.3) is 5.91 Å². The summed E-state index contributed by atoms with van der Waals surface area (Å²) in [4.78, 5) is 13.2. The van der Waals surface area contributed by atoms with Gasteiger partial charge in [-0.1, -0.05) is 60.2 Å². The highest BCUT2D eigenvalue weighted by molar-refractivity contribution is 6.06. The molecule has 0 unspecified atom stereocenters. The molecule has 0 fully saturated rings. The van der Waals surface area contributed by atoms with Crippen molar-refractivity contribution in [2.45, 2.75) is 19.4 Å². The SMILES string of the molecule is Cc1ccc(C(=O)N2N=C(c3ccccc3O)C[C@H]2c2ccccc2)cc1. The predicted octanol–water partition coefficient (Wildman–Crippen LogP) is 4.69. The molecule has 1 heterocycles. The van der Waals surface area contributed by atoms with Gasteiger partial charge in [0, 0.05) is 17.5 Å². The first-order chi connectivity index (χ1) is 13.1. The van der Waals surface area contributed by atoms with E-state index in [1.807, 2.05) is 73.7 Å². The second-order valence-electron chi connectivity index (χ2n) is 6.71. The van der Waals surface area contributed by atoms with Gasteiger partial charge < -0.3 is 5.11 Å². The van der Waals surface area contributed by atoms with E-state index in [4.69, 9.17) is 0 Å². The lowest BCUT2D eigenvalue weighted by atomic mass is 9.97. The molecule has 1 amide bonds. The minimum absolute atomic E-state index is 0.144. The summed E-state index contributed by atoms with van der Waals surface area (Å²) in [6.45, 7) is 1.99. The summed E-state index contributed by atoms with van der Waals surface area (Å²) in [7, 11) is 0. The van der Waals surface area contributed by atoms with E-state index < -0.39 is 0 Å². The third-order valence-electron chi connectivity index (χ3n) is 4.82. The van der Waals surface area contributed by atoms with Crippen LogP contribution in [0, 0.1) is 6.92 Å². The van der Waals surface area contributed by atoms with Crippen molar-refractivity contribution >= 4 is 11.6 Å². The molecule has 4 rings (SSSR count). The second kappa shape index (κ2) is 7.08. The minimum atomic E-state index is -0.199. The van der Waals surface area contributed by atoms with Crippen molar-refractivity contribution in [2.75, 3.05) is 0 Å². The van der Waals surface area contributed by atoms with E-state index in [-0.39, 0.29) is 17.7 Å². The van der Waals surface area contributed by atoms with Crippen molar-refractivity contribution < 1.29 is 9.90 Å². The zero-order chi connectivity index (χ0) is 18.8. The van der Waals surface area contributed by atoms with Gasteiger partial charge in [0.1, 0.15) is 5.75 Å². The number of phenols is 1. The summed E-state index contributed by atoms with van der Waals surface area (Å²) in [5.74, 6) is 0.0296. The van der Waals surface area contributed by atoms with Crippen LogP contribution in [0.5, 0.6) is 5.75 Å². The largest absolute Gasteiger partial charge is 0.507 e. The third-order valence-corrected chi connectivity index (χ3v) is 4.82. The first-order valence-corrected chi connectivity index (χ1v) is 8.94. The van der Waals surface area contributed by atoms with Crippen LogP contribution in [0.15, 0.2) is 84.0 Å². The van der Waals surface area contributed by atoms with Crippen LogP contribution in [0.3, 0.4) is 0 Å². The Kier molecular flexibility index (Phi) is 4.47. The van der Waals surface area contributed by atoms with Crippen LogP contribution in [0.2, 0.25) is 0 Å². The summed E-state index contributed by atoms with van der Waals surface area (Å²) < 4.78 is 0. The van der Waals surface area contributed by atoms with Crippen LogP contribution in [0.25, 0.3) is 0 Å². The van der Waals surface area contributed by atoms with Crippen molar-refractivity contribution in [1.82, 2.24) is 5.01 Å². The number of aryl methyl sites for hydroxylation is 1. The number of hydrogen-bond donors (Lipinski definition) is 1. The summed E-state index contributed by atoms with van der Waals surface area (Å²) in [5.41, 5.74) is 4.10. The summed E-state index contributed by atoms with van der Waals surface area (Å²) in [6, 6.07) is 24.3. The molecule has 0 radical (unpaired) electrons. The molecule has 0 saturated carbocycles. The normalized spacial score (nSPS) is 16.3. The molecule has 0 aromatic heterocycles. The molecule has 1 aliphatic heterocycles. The Balaban J connectivity index is 1.75. The number of aromatic hydroxyl groups is 1. The summed E-state index contributed by atoms with van der Waals surface area (Å²) >= 11 is 0. The number of nitrogens with zero attached hydrogens (tertiary/aromatic N) is 2. The highest BCUT2D eigenvalue weighted by Gasteiger charge is 2.34. The quantitative estimate of drug-likeness (QED) is 0.740. The number of amides is 1. The van der Waals surface area contributed by atoms with Crippen molar-refractivity contribution in [3.8, 4) is 5.75 Å². The number of para-hydroxylation sites is 1. The average Bonchev–Trinajstić information content (AvgIpc) is 3.14. The van der Waals surface area contributed by atoms with Crippen LogP contribution in [-0.4, -0.2) is 21.7 Å². The molecule has 1 N–H and O–H groups in total. The maximum Gasteiger partial charge on any atom is 0.274 e. The molecule has 0 saturated heterocycles. The molecule has 0 spiro atoms. The van der Waals surface area contributed by atoms with Crippen LogP contribution < -0.4 is 0 Å². The number of benzene rings is 3. The number of carbonyl (C=O) groups is 1. The van der Waals surface area contributed by atoms with E-state index in [2.05, 4.69) is 5.10 Å². The highest BCUT2D eigenvalue weighted by atomic mass is 16.3. The topological polar surface area (TPSA) is 52.9 Å². The molecule has 4 heteroatoms. The van der Waals surface area contributed by atoms with E-state index in [1.54, 1.807) is 17.1 Å². The molecule has 0 bridgehead atoms. The minimum Gasteiger partial charge on any atom is -0.507 e. The molecule has 27 heavy (non-hydrogen) atoms. The Bertz CT molecular complexity index is 994. The second-order valence-corrected chi connectivity index (χ2v) is 6.71. The zero-order valence-electron chi connectivity index (χ0n) is 15.0. The van der Waals surface area contributed by atoms with E-state index >= 15 is 0 Å². The molecule has 3 aromatic carbocycles. The fraction of sp³-hybridized carbons (Fsp3) is 0.130. The van der Waals surface area contributed by atoms with Gasteiger partial charge in [-0.05, 0) is 36.8 Å². The van der Waals surface area contributed by atoms with Crippen molar-refractivity contribution in [3.63, 3.8) is 0 Å². The van der Waals surface area contributed by atoms with Crippen molar-refractivity contribution in [2.24, 2.45) is 5.10 Å². The number of hydrogen-bond acceptors (Lipinski definition) is 3. The van der Waals surface area contributed by atoms with Crippen LogP contribution in [0.1, 0.15) is 39.5 Å². The van der Waals surface area contributed by atoms with E-state index in [9.17, 15) is 9.90 Å². The van der Waals surface area contributed by atoms with Gasteiger partial charge in [0.2, 0.25) is 0 Å². The number of phenolic OH excluding ortho intramolecular Hbond substituents is 1. The van der Waals surface area contributed by atoms with Gasteiger partial charge in [-0.2, -0.15) is 5.10 Å². The molecular formula is C23H20N2O2. The standard InChI is InChI=1S/C23H20N2O2/c1-16-11-13-18(14-12-16)23(27)25-21(17-7-3-2-4-8-17)15-20(24-25)19-9-5-6-10-22(19)26/h2-14,21,26H,15H2,1H3/t21-/m0/s1. The number of carbonyl (C=O) groups excluding carboxylic acids is 1. The first-order valence-electron chi connectivity index (χ1n) is 8.94. The van der Waals surface area contributed by atoms with Crippen molar-refractivity contribution in [1.29, 1.82) is 0 Å². The van der Waals surface area contributed by atoms with Crippen molar-refractivity contribution in [3.05, 3.63) is 101 Å². The Morgan fingerprint density at radius 3 is 2.33 bits per heavy atom. The van der Waals surface area contributed by atoms with E-state index in [1.165, 1.54) is 0 Å². The van der Waals surface area contributed by atoms with Crippen LogP contribution >= 0.6 is 0 Å². The Labute approximate surface area is 158 Å². The van der Waals surface area contributed by atoms with E-state index in [0.717, 1.165) is 11.1 Å². The van der Waals surface area contributed by atoms with Gasteiger partial charge in [-0.15, -0.1) is 0 Å². The molecule has 134 valence electrons. The first kappa shape index (κ1) is 17.0. The van der Waals surface area contributed by atoms with Gasteiger partial charge in [-0.3, -0.25) is 4.79 Å². The molecule has 3 aromatic rings. The maximum absolute atomic E-state index is 13.2. The third kappa shape index (κ3) is 3.34. The zero-order valence-corrected chi connectivity index (χ0v) is 15.0. The summed E-state index contributed by atoms with van der Waals surface area (Å²) in [5, 5.41) is 16.4.